The number of ether oxygens (including phenoxy) is 1. The lowest BCUT2D eigenvalue weighted by atomic mass is 10.2. The van der Waals surface area contributed by atoms with Gasteiger partial charge in [-0.2, -0.15) is 5.10 Å². The maximum atomic E-state index is 12.2. The first kappa shape index (κ1) is 14.9. The lowest BCUT2D eigenvalue weighted by Crippen LogP contribution is -2.13. The summed E-state index contributed by atoms with van der Waals surface area (Å²) in [6, 6.07) is 3.60. The van der Waals surface area contributed by atoms with Crippen LogP contribution in [-0.4, -0.2) is 36.4 Å². The van der Waals surface area contributed by atoms with Gasteiger partial charge in [-0.25, -0.2) is 13.2 Å². The highest BCUT2D eigenvalue weighted by Gasteiger charge is 2.20. The summed E-state index contributed by atoms with van der Waals surface area (Å²) in [5, 5.41) is 12.9. The van der Waals surface area contributed by atoms with Crippen LogP contribution in [0, 0.1) is 0 Å². The van der Waals surface area contributed by atoms with E-state index in [2.05, 4.69) is 9.82 Å². The summed E-state index contributed by atoms with van der Waals surface area (Å²) < 4.78 is 33.0. The number of sulfonamides is 1. The fraction of sp³-hybridized carbons (Fsp3) is 0.167. The number of methoxy groups -OCH3 is 1. The molecule has 0 saturated carbocycles. The minimum Gasteiger partial charge on any atom is -0.496 e. The van der Waals surface area contributed by atoms with Crippen LogP contribution in [0.15, 0.2) is 35.5 Å². The van der Waals surface area contributed by atoms with Crippen LogP contribution in [0.4, 0.5) is 5.69 Å². The van der Waals surface area contributed by atoms with E-state index in [1.54, 1.807) is 7.05 Å². The molecule has 1 aromatic carbocycles. The smallest absolute Gasteiger partial charge is 0.339 e. The number of nitrogens with zero attached hydrogens (tertiary/aromatic N) is 2. The summed E-state index contributed by atoms with van der Waals surface area (Å²) >= 11 is 0. The molecular weight excluding hydrogens is 298 g/mol. The molecule has 112 valence electrons. The molecule has 8 nitrogen and oxygen atoms in total. The second-order valence-corrected chi connectivity index (χ2v) is 5.86. The third kappa shape index (κ3) is 3.14. The zero-order valence-corrected chi connectivity index (χ0v) is 12.1. The number of carbonyl (C=O) groups is 1. The monoisotopic (exact) mass is 311 g/mol. The van der Waals surface area contributed by atoms with Gasteiger partial charge < -0.3 is 9.84 Å². The van der Waals surface area contributed by atoms with Gasteiger partial charge in [-0.05, 0) is 18.2 Å². The zero-order valence-electron chi connectivity index (χ0n) is 11.3. The van der Waals surface area contributed by atoms with Crippen molar-refractivity contribution >= 4 is 21.7 Å². The second kappa shape index (κ2) is 5.44. The Kier molecular flexibility index (Phi) is 3.85. The Hall–Kier alpha value is -2.55. The van der Waals surface area contributed by atoms with Crippen molar-refractivity contribution in [2.45, 2.75) is 4.90 Å². The van der Waals surface area contributed by atoms with Gasteiger partial charge in [-0.15, -0.1) is 0 Å². The fourth-order valence-electron chi connectivity index (χ4n) is 1.71. The zero-order chi connectivity index (χ0) is 15.6. The molecular formula is C12H13N3O5S. The topological polar surface area (TPSA) is 111 Å². The number of aryl methyl sites for hydroxylation is 1. The van der Waals surface area contributed by atoms with Gasteiger partial charge >= 0.3 is 5.97 Å². The molecule has 2 aromatic rings. The molecule has 21 heavy (non-hydrogen) atoms. The molecule has 2 rings (SSSR count). The molecule has 0 saturated heterocycles. The minimum atomic E-state index is -3.90. The predicted octanol–water partition coefficient (Wildman–Crippen LogP) is 0.928. The van der Waals surface area contributed by atoms with Crippen molar-refractivity contribution in [1.82, 2.24) is 9.78 Å². The van der Waals surface area contributed by atoms with Crippen LogP contribution in [0.5, 0.6) is 5.75 Å². The van der Waals surface area contributed by atoms with E-state index in [9.17, 15) is 13.2 Å². The maximum Gasteiger partial charge on any atom is 0.339 e. The van der Waals surface area contributed by atoms with Gasteiger partial charge in [0.25, 0.3) is 10.0 Å². The number of hydrogen-bond acceptors (Lipinski definition) is 5. The van der Waals surface area contributed by atoms with Gasteiger partial charge in [-0.3, -0.25) is 9.40 Å². The summed E-state index contributed by atoms with van der Waals surface area (Å²) in [7, 11) is -0.947. The average Bonchev–Trinajstić information content (AvgIpc) is 2.82. The molecule has 0 radical (unpaired) electrons. The van der Waals surface area contributed by atoms with E-state index in [4.69, 9.17) is 9.84 Å². The first-order valence-electron chi connectivity index (χ1n) is 5.76. The highest BCUT2D eigenvalue weighted by atomic mass is 32.2. The maximum absolute atomic E-state index is 12.2. The van der Waals surface area contributed by atoms with Gasteiger partial charge in [0.1, 0.15) is 11.3 Å². The Morgan fingerprint density at radius 3 is 2.67 bits per heavy atom. The van der Waals surface area contributed by atoms with Gasteiger partial charge in [0.15, 0.2) is 0 Å². The molecule has 0 fully saturated rings. The Labute approximate surface area is 121 Å². The molecule has 0 aliphatic carbocycles. The molecule has 0 bridgehead atoms. The second-order valence-electron chi connectivity index (χ2n) is 4.18. The molecule has 0 aliphatic heterocycles. The van der Waals surface area contributed by atoms with Crippen molar-refractivity contribution in [3.05, 3.63) is 36.2 Å². The summed E-state index contributed by atoms with van der Waals surface area (Å²) in [5.74, 6) is -1.19. The Balaban J connectivity index is 2.40. The first-order valence-corrected chi connectivity index (χ1v) is 7.24. The van der Waals surface area contributed by atoms with E-state index in [-0.39, 0.29) is 21.9 Å². The van der Waals surface area contributed by atoms with E-state index >= 15 is 0 Å². The van der Waals surface area contributed by atoms with Crippen LogP contribution in [0.2, 0.25) is 0 Å². The standard InChI is InChI=1S/C12H13N3O5S/c1-15-7-8(6-13-15)14-21(18,19)9-3-4-11(20-2)10(5-9)12(16)17/h3-7,14H,1-2H3,(H,16,17). The van der Waals surface area contributed by atoms with Gasteiger partial charge in [0, 0.05) is 13.2 Å². The highest BCUT2D eigenvalue weighted by molar-refractivity contribution is 7.92. The quantitative estimate of drug-likeness (QED) is 0.849. The lowest BCUT2D eigenvalue weighted by molar-refractivity contribution is 0.0693. The Morgan fingerprint density at radius 2 is 2.14 bits per heavy atom. The van der Waals surface area contributed by atoms with Crippen LogP contribution in [0.25, 0.3) is 0 Å². The minimum absolute atomic E-state index is 0.0860. The van der Waals surface area contributed by atoms with Crippen molar-refractivity contribution in [2.24, 2.45) is 7.05 Å². The number of aromatic nitrogens is 2. The van der Waals surface area contributed by atoms with E-state index in [1.165, 1.54) is 36.3 Å². The highest BCUT2D eigenvalue weighted by Crippen LogP contribution is 2.23. The van der Waals surface area contributed by atoms with Crippen molar-refractivity contribution in [3.63, 3.8) is 0 Å². The summed E-state index contributed by atoms with van der Waals surface area (Å²) in [4.78, 5) is 10.9. The summed E-state index contributed by atoms with van der Waals surface area (Å²) in [5.41, 5.74) is 0.0526. The van der Waals surface area contributed by atoms with E-state index in [1.807, 2.05) is 0 Å². The molecule has 9 heteroatoms. The molecule has 0 amide bonds. The molecule has 1 heterocycles. The summed E-state index contributed by atoms with van der Waals surface area (Å²) in [6.07, 6.45) is 2.83. The van der Waals surface area contributed by atoms with Crippen LogP contribution in [0.3, 0.4) is 0 Å². The molecule has 2 N–H and O–H groups in total. The largest absolute Gasteiger partial charge is 0.496 e. The lowest BCUT2D eigenvalue weighted by Gasteiger charge is -2.09. The molecule has 1 aromatic heterocycles. The predicted molar refractivity (Wildman–Crippen MR) is 74.0 cm³/mol. The van der Waals surface area contributed by atoms with Gasteiger partial charge in [0.2, 0.25) is 0 Å². The van der Waals surface area contributed by atoms with Crippen LogP contribution in [-0.2, 0) is 17.1 Å². The number of carboxylic acid groups (broad SMARTS) is 1. The van der Waals surface area contributed by atoms with E-state index in [0.29, 0.717) is 0 Å². The summed E-state index contributed by atoms with van der Waals surface area (Å²) in [6.45, 7) is 0. The van der Waals surface area contributed by atoms with Crippen LogP contribution >= 0.6 is 0 Å². The number of carboxylic acids is 1. The molecule has 0 atom stereocenters. The average molecular weight is 311 g/mol. The first-order chi connectivity index (χ1) is 9.83. The van der Waals surface area contributed by atoms with E-state index < -0.39 is 16.0 Å². The van der Waals surface area contributed by atoms with Crippen LogP contribution in [0.1, 0.15) is 10.4 Å². The number of nitrogens with one attached hydrogen (secondary N) is 1. The molecule has 0 aliphatic rings. The van der Waals surface area contributed by atoms with Crippen molar-refractivity contribution in [3.8, 4) is 5.75 Å². The van der Waals surface area contributed by atoms with Crippen molar-refractivity contribution in [2.75, 3.05) is 11.8 Å². The Bertz CT molecular complexity index is 782. The number of anilines is 1. The SMILES string of the molecule is COc1ccc(S(=O)(=O)Nc2cnn(C)c2)cc1C(=O)O. The van der Waals surface area contributed by atoms with E-state index in [0.717, 1.165) is 6.07 Å². The Morgan fingerprint density at radius 1 is 1.43 bits per heavy atom. The third-order valence-electron chi connectivity index (χ3n) is 2.67. The fourth-order valence-corrected chi connectivity index (χ4v) is 2.76. The number of benzene rings is 1. The van der Waals surface area contributed by atoms with Crippen molar-refractivity contribution < 1.29 is 23.1 Å². The number of aromatic carboxylic acids is 1. The molecule has 0 unspecified atom stereocenters. The number of rotatable bonds is 5. The van der Waals surface area contributed by atoms with Crippen LogP contribution < -0.4 is 9.46 Å². The van der Waals surface area contributed by atoms with Gasteiger partial charge in [0.05, 0.1) is 23.9 Å². The normalized spacial score (nSPS) is 11.1. The third-order valence-corrected chi connectivity index (χ3v) is 4.05. The van der Waals surface area contributed by atoms with Crippen molar-refractivity contribution in [1.29, 1.82) is 0 Å². The number of hydrogen-bond donors (Lipinski definition) is 2. The molecule has 0 spiro atoms. The van der Waals surface area contributed by atoms with Gasteiger partial charge in [-0.1, -0.05) is 0 Å².